The summed E-state index contributed by atoms with van der Waals surface area (Å²) < 4.78 is 12.4. The Morgan fingerprint density at radius 1 is 1.33 bits per heavy atom. The highest BCUT2D eigenvalue weighted by Gasteiger charge is 2.18. The second-order valence-electron chi connectivity index (χ2n) is 6.70. The summed E-state index contributed by atoms with van der Waals surface area (Å²) in [6.45, 7) is 7.44. The predicted octanol–water partition coefficient (Wildman–Crippen LogP) is 2.86. The van der Waals surface area contributed by atoms with E-state index in [1.165, 1.54) is 0 Å². The van der Waals surface area contributed by atoms with Crippen LogP contribution in [0.15, 0.2) is 28.9 Å². The number of hydrogen-bond acceptors (Lipinski definition) is 5. The Morgan fingerprint density at radius 3 is 2.85 bits per heavy atom. The van der Waals surface area contributed by atoms with Gasteiger partial charge < -0.3 is 14.1 Å². The number of amides is 1. The Morgan fingerprint density at radius 2 is 2.15 bits per heavy atom. The minimum Gasteiger partial charge on any atom is -0.467 e. The van der Waals surface area contributed by atoms with Crippen LogP contribution in [0, 0.1) is 20.8 Å². The third-order valence-corrected chi connectivity index (χ3v) is 4.72. The molecule has 3 rings (SSSR count). The van der Waals surface area contributed by atoms with Gasteiger partial charge in [0.25, 0.3) is 0 Å². The monoisotopic (exact) mass is 370 g/mol. The molecule has 0 fully saturated rings. The number of aryl methyl sites for hydroxylation is 3. The minimum absolute atomic E-state index is 0.0685. The van der Waals surface area contributed by atoms with Crippen molar-refractivity contribution in [2.75, 3.05) is 20.3 Å². The van der Waals surface area contributed by atoms with E-state index < -0.39 is 0 Å². The molecule has 3 aromatic rings. The fourth-order valence-electron chi connectivity index (χ4n) is 3.28. The van der Waals surface area contributed by atoms with Crippen molar-refractivity contribution in [2.24, 2.45) is 0 Å². The molecule has 0 atom stereocenters. The van der Waals surface area contributed by atoms with Gasteiger partial charge in [0.1, 0.15) is 5.76 Å². The Hall–Kier alpha value is -2.67. The number of furan rings is 1. The lowest BCUT2D eigenvalue weighted by Gasteiger charge is -2.22. The van der Waals surface area contributed by atoms with E-state index in [4.69, 9.17) is 9.15 Å². The van der Waals surface area contributed by atoms with Gasteiger partial charge in [0.15, 0.2) is 5.65 Å². The summed E-state index contributed by atoms with van der Waals surface area (Å²) in [5.41, 5.74) is 4.83. The van der Waals surface area contributed by atoms with Crippen LogP contribution in [0.4, 0.5) is 0 Å². The van der Waals surface area contributed by atoms with E-state index in [0.717, 1.165) is 34.1 Å². The molecule has 3 aromatic heterocycles. The van der Waals surface area contributed by atoms with Gasteiger partial charge in [0.05, 0.1) is 25.1 Å². The van der Waals surface area contributed by atoms with Crippen LogP contribution in [-0.4, -0.2) is 45.7 Å². The summed E-state index contributed by atoms with van der Waals surface area (Å²) in [6, 6.07) is 5.66. The molecule has 0 saturated heterocycles. The smallest absolute Gasteiger partial charge is 0.223 e. The third-order valence-electron chi connectivity index (χ3n) is 4.72. The fourth-order valence-corrected chi connectivity index (χ4v) is 3.28. The Labute approximate surface area is 158 Å². The van der Waals surface area contributed by atoms with E-state index in [9.17, 15) is 4.79 Å². The van der Waals surface area contributed by atoms with Crippen molar-refractivity contribution in [3.8, 4) is 0 Å². The number of rotatable bonds is 8. The van der Waals surface area contributed by atoms with E-state index in [1.54, 1.807) is 18.3 Å². The van der Waals surface area contributed by atoms with Gasteiger partial charge >= 0.3 is 0 Å². The van der Waals surface area contributed by atoms with E-state index >= 15 is 0 Å². The highest BCUT2D eigenvalue weighted by atomic mass is 16.5. The number of hydrogen-bond donors (Lipinski definition) is 0. The summed E-state index contributed by atoms with van der Waals surface area (Å²) in [7, 11) is 1.63. The molecule has 0 N–H and O–H groups in total. The van der Waals surface area contributed by atoms with Gasteiger partial charge in [0, 0.05) is 37.5 Å². The number of ether oxygens (including phenoxy) is 1. The molecule has 0 aliphatic carbocycles. The molecule has 7 heteroatoms. The molecule has 3 heterocycles. The zero-order valence-corrected chi connectivity index (χ0v) is 16.4. The van der Waals surface area contributed by atoms with Gasteiger partial charge in [-0.1, -0.05) is 0 Å². The maximum Gasteiger partial charge on any atom is 0.223 e. The molecule has 0 spiro atoms. The standard InChI is InChI=1S/C20H26N4O3/c1-14-12-19-21-15(2)18(16(3)24(19)22-14)7-8-20(25)23(9-11-26-4)13-17-6-5-10-27-17/h5-6,10,12H,7-9,11,13H2,1-4H3. The zero-order chi connectivity index (χ0) is 19.4. The van der Waals surface area contributed by atoms with Gasteiger partial charge in [-0.3, -0.25) is 4.79 Å². The highest BCUT2D eigenvalue weighted by molar-refractivity contribution is 5.76. The average Bonchev–Trinajstić information content (AvgIpc) is 3.27. The van der Waals surface area contributed by atoms with Crippen LogP contribution >= 0.6 is 0 Å². The first-order valence-corrected chi connectivity index (χ1v) is 9.11. The van der Waals surface area contributed by atoms with Crippen LogP contribution in [0.25, 0.3) is 5.65 Å². The molecule has 0 aliphatic heterocycles. The largest absolute Gasteiger partial charge is 0.467 e. The van der Waals surface area contributed by atoms with E-state index in [-0.39, 0.29) is 5.91 Å². The normalized spacial score (nSPS) is 11.3. The fraction of sp³-hybridized carbons (Fsp3) is 0.450. The van der Waals surface area contributed by atoms with Crippen LogP contribution in [0.1, 0.15) is 34.8 Å². The van der Waals surface area contributed by atoms with Gasteiger partial charge in [-0.2, -0.15) is 5.10 Å². The molecule has 0 aliphatic rings. The van der Waals surface area contributed by atoms with Gasteiger partial charge in [-0.15, -0.1) is 0 Å². The Balaban J connectivity index is 1.73. The van der Waals surface area contributed by atoms with Crippen LogP contribution in [0.5, 0.6) is 0 Å². The average molecular weight is 370 g/mol. The number of nitrogens with zero attached hydrogens (tertiary/aromatic N) is 4. The lowest BCUT2D eigenvalue weighted by molar-refractivity contribution is -0.132. The molecule has 0 unspecified atom stereocenters. The van der Waals surface area contributed by atoms with E-state index in [1.807, 2.05) is 43.5 Å². The zero-order valence-electron chi connectivity index (χ0n) is 16.4. The summed E-state index contributed by atoms with van der Waals surface area (Å²) in [6.07, 6.45) is 2.65. The Kier molecular flexibility index (Phi) is 5.91. The summed E-state index contributed by atoms with van der Waals surface area (Å²) in [4.78, 5) is 19.2. The maximum absolute atomic E-state index is 12.8. The quantitative estimate of drug-likeness (QED) is 0.610. The molecule has 144 valence electrons. The first-order valence-electron chi connectivity index (χ1n) is 9.11. The van der Waals surface area contributed by atoms with E-state index in [2.05, 4.69) is 10.1 Å². The number of aromatic nitrogens is 3. The number of fused-ring (bicyclic) bond motifs is 1. The van der Waals surface area contributed by atoms with Crippen LogP contribution in [0.2, 0.25) is 0 Å². The summed E-state index contributed by atoms with van der Waals surface area (Å²) in [5, 5.41) is 4.50. The lowest BCUT2D eigenvalue weighted by atomic mass is 10.1. The van der Waals surface area contributed by atoms with Crippen LogP contribution in [-0.2, 0) is 22.5 Å². The number of methoxy groups -OCH3 is 1. The van der Waals surface area contributed by atoms with Crippen molar-refractivity contribution in [1.82, 2.24) is 19.5 Å². The second-order valence-corrected chi connectivity index (χ2v) is 6.70. The third kappa shape index (κ3) is 4.36. The molecule has 7 nitrogen and oxygen atoms in total. The molecular weight excluding hydrogens is 344 g/mol. The molecule has 0 saturated carbocycles. The topological polar surface area (TPSA) is 72.9 Å². The predicted molar refractivity (Wildman–Crippen MR) is 102 cm³/mol. The van der Waals surface area contributed by atoms with Crippen molar-refractivity contribution < 1.29 is 13.9 Å². The van der Waals surface area contributed by atoms with Crippen molar-refractivity contribution in [3.63, 3.8) is 0 Å². The second kappa shape index (κ2) is 8.35. The number of carbonyl (C=O) groups excluding carboxylic acids is 1. The summed E-state index contributed by atoms with van der Waals surface area (Å²) >= 11 is 0. The highest BCUT2D eigenvalue weighted by Crippen LogP contribution is 2.18. The lowest BCUT2D eigenvalue weighted by Crippen LogP contribution is -2.33. The minimum atomic E-state index is 0.0685. The first kappa shape index (κ1) is 19.1. The first-order chi connectivity index (χ1) is 13.0. The molecule has 1 amide bonds. The van der Waals surface area contributed by atoms with Gasteiger partial charge in [-0.05, 0) is 44.9 Å². The van der Waals surface area contributed by atoms with Crippen molar-refractivity contribution in [2.45, 2.75) is 40.2 Å². The molecule has 0 radical (unpaired) electrons. The van der Waals surface area contributed by atoms with Crippen LogP contribution in [0.3, 0.4) is 0 Å². The summed E-state index contributed by atoms with van der Waals surface area (Å²) in [5.74, 6) is 0.834. The molecule has 0 aromatic carbocycles. The molecule has 0 bridgehead atoms. The van der Waals surface area contributed by atoms with Crippen molar-refractivity contribution in [3.05, 3.63) is 52.9 Å². The molecular formula is C20H26N4O3. The van der Waals surface area contributed by atoms with Gasteiger partial charge in [0.2, 0.25) is 5.91 Å². The Bertz CT molecular complexity index is 915. The van der Waals surface area contributed by atoms with Crippen molar-refractivity contribution in [1.29, 1.82) is 0 Å². The maximum atomic E-state index is 12.8. The SMILES string of the molecule is COCCN(Cc1ccco1)C(=O)CCc1c(C)nc2cc(C)nn2c1C. The molecule has 27 heavy (non-hydrogen) atoms. The van der Waals surface area contributed by atoms with Gasteiger partial charge in [-0.25, -0.2) is 9.50 Å². The van der Waals surface area contributed by atoms with E-state index in [0.29, 0.717) is 32.5 Å². The van der Waals surface area contributed by atoms with Crippen LogP contribution < -0.4 is 0 Å². The number of carbonyl (C=O) groups is 1. The van der Waals surface area contributed by atoms with Crippen molar-refractivity contribution >= 4 is 11.6 Å².